The first-order chi connectivity index (χ1) is 16.5. The largest absolute Gasteiger partial charge is 0.456 e. The first-order valence-electron chi connectivity index (χ1n) is 12.0. The van der Waals surface area contributed by atoms with Crippen molar-refractivity contribution in [2.45, 2.75) is 46.3 Å². The lowest BCUT2D eigenvalue weighted by Crippen LogP contribution is -2.40. The highest BCUT2D eigenvalue weighted by Crippen LogP contribution is 2.29. The van der Waals surface area contributed by atoms with Crippen LogP contribution in [0, 0.1) is 6.92 Å². The van der Waals surface area contributed by atoms with E-state index in [1.165, 1.54) is 0 Å². The number of carbonyl (C=O) groups is 1. The fourth-order valence-electron chi connectivity index (χ4n) is 4.35. The Kier molecular flexibility index (Phi) is 6.85. The van der Waals surface area contributed by atoms with Crippen molar-refractivity contribution in [1.82, 2.24) is 9.55 Å². The molecule has 35 heavy (non-hydrogen) atoms. The molecule has 1 N–H and O–H groups in total. The van der Waals surface area contributed by atoms with E-state index in [-0.39, 0.29) is 17.6 Å². The molecule has 1 aliphatic rings. The van der Waals surface area contributed by atoms with Crippen LogP contribution in [0.5, 0.6) is 0 Å². The molecule has 1 unspecified atom stereocenters. The van der Waals surface area contributed by atoms with Crippen molar-refractivity contribution in [2.75, 3.05) is 36.5 Å². The Bertz CT molecular complexity index is 1300. The summed E-state index contributed by atoms with van der Waals surface area (Å²) < 4.78 is 12.7. The first-order valence-corrected chi connectivity index (χ1v) is 12.0. The van der Waals surface area contributed by atoms with Gasteiger partial charge < -0.3 is 19.7 Å². The molecular weight excluding hydrogens is 444 g/mol. The van der Waals surface area contributed by atoms with Crippen molar-refractivity contribution in [3.05, 3.63) is 63.4 Å². The van der Waals surface area contributed by atoms with Crippen LogP contribution in [0.2, 0.25) is 0 Å². The SMILES string of the molecule is Cc1cc(C(C)Nc2ccccc2C(=O)OC(C)(C)C)c2nc(N3CCOCC3)n(C)c(=O)c2c1. The summed E-state index contributed by atoms with van der Waals surface area (Å²) in [7, 11) is 1.76. The number of benzene rings is 2. The van der Waals surface area contributed by atoms with E-state index in [9.17, 15) is 9.59 Å². The Morgan fingerprint density at radius 2 is 1.86 bits per heavy atom. The van der Waals surface area contributed by atoms with Crippen molar-refractivity contribution in [3.63, 3.8) is 0 Å². The van der Waals surface area contributed by atoms with Crippen LogP contribution >= 0.6 is 0 Å². The molecule has 0 aliphatic carbocycles. The van der Waals surface area contributed by atoms with E-state index in [4.69, 9.17) is 14.5 Å². The maximum absolute atomic E-state index is 13.3. The Balaban J connectivity index is 1.76. The van der Waals surface area contributed by atoms with Gasteiger partial charge in [-0.3, -0.25) is 9.36 Å². The van der Waals surface area contributed by atoms with Crippen molar-refractivity contribution < 1.29 is 14.3 Å². The van der Waals surface area contributed by atoms with E-state index in [1.54, 1.807) is 17.7 Å². The third-order valence-corrected chi connectivity index (χ3v) is 6.01. The monoisotopic (exact) mass is 478 g/mol. The highest BCUT2D eigenvalue weighted by atomic mass is 16.6. The normalized spacial score (nSPS) is 15.2. The summed E-state index contributed by atoms with van der Waals surface area (Å²) in [5, 5.41) is 4.04. The molecule has 2 heterocycles. The lowest BCUT2D eigenvalue weighted by atomic mass is 10.0. The van der Waals surface area contributed by atoms with Gasteiger partial charge in [0.15, 0.2) is 0 Å². The molecule has 1 aliphatic heterocycles. The minimum atomic E-state index is -0.595. The number of hydrogen-bond donors (Lipinski definition) is 1. The number of anilines is 2. The fourth-order valence-corrected chi connectivity index (χ4v) is 4.35. The van der Waals surface area contributed by atoms with Crippen LogP contribution in [-0.2, 0) is 16.5 Å². The second kappa shape index (κ2) is 9.70. The van der Waals surface area contributed by atoms with E-state index in [0.717, 1.165) is 11.1 Å². The molecule has 4 rings (SSSR count). The molecule has 0 bridgehead atoms. The van der Waals surface area contributed by atoms with Crippen LogP contribution in [-0.4, -0.2) is 47.4 Å². The van der Waals surface area contributed by atoms with Crippen molar-refractivity contribution >= 4 is 28.5 Å². The molecule has 1 aromatic heterocycles. The topological polar surface area (TPSA) is 85.7 Å². The molecule has 0 saturated carbocycles. The summed E-state index contributed by atoms with van der Waals surface area (Å²) in [5.41, 5.74) is 2.98. The number of morpholine rings is 1. The average Bonchev–Trinajstić information content (AvgIpc) is 2.81. The van der Waals surface area contributed by atoms with Crippen LogP contribution in [0.15, 0.2) is 41.2 Å². The van der Waals surface area contributed by atoms with Gasteiger partial charge >= 0.3 is 5.97 Å². The summed E-state index contributed by atoms with van der Waals surface area (Å²) in [6.45, 7) is 12.1. The number of para-hydroxylation sites is 1. The molecule has 1 atom stereocenters. The van der Waals surface area contributed by atoms with Crippen molar-refractivity contribution in [1.29, 1.82) is 0 Å². The molecule has 186 valence electrons. The van der Waals surface area contributed by atoms with E-state index >= 15 is 0 Å². The van der Waals surface area contributed by atoms with Crippen LogP contribution < -0.4 is 15.8 Å². The molecule has 1 saturated heterocycles. The van der Waals surface area contributed by atoms with Gasteiger partial charge in [0.2, 0.25) is 5.95 Å². The maximum atomic E-state index is 13.3. The van der Waals surface area contributed by atoms with Crippen LogP contribution in [0.4, 0.5) is 11.6 Å². The van der Waals surface area contributed by atoms with Gasteiger partial charge in [0, 0.05) is 31.4 Å². The molecule has 3 aromatic rings. The summed E-state index contributed by atoms with van der Waals surface area (Å²) in [6, 6.07) is 11.0. The number of ether oxygens (including phenoxy) is 2. The van der Waals surface area contributed by atoms with Gasteiger partial charge in [-0.25, -0.2) is 9.78 Å². The molecule has 8 heteroatoms. The summed E-state index contributed by atoms with van der Waals surface area (Å²) in [5.74, 6) is 0.251. The van der Waals surface area contributed by atoms with Gasteiger partial charge in [-0.15, -0.1) is 0 Å². The number of nitrogens with one attached hydrogen (secondary N) is 1. The number of aromatic nitrogens is 2. The van der Waals surface area contributed by atoms with Crippen molar-refractivity contribution in [3.8, 4) is 0 Å². The van der Waals surface area contributed by atoms with Gasteiger partial charge in [-0.05, 0) is 58.4 Å². The lowest BCUT2D eigenvalue weighted by molar-refractivity contribution is 0.00706. The number of aryl methyl sites for hydroxylation is 1. The Morgan fingerprint density at radius 1 is 1.17 bits per heavy atom. The van der Waals surface area contributed by atoms with E-state index < -0.39 is 5.60 Å². The zero-order chi connectivity index (χ0) is 25.3. The summed E-state index contributed by atoms with van der Waals surface area (Å²) in [6.07, 6.45) is 0. The molecule has 0 radical (unpaired) electrons. The minimum Gasteiger partial charge on any atom is -0.456 e. The van der Waals surface area contributed by atoms with Crippen LogP contribution in [0.3, 0.4) is 0 Å². The third kappa shape index (κ3) is 5.32. The highest BCUT2D eigenvalue weighted by molar-refractivity contribution is 5.96. The molecule has 2 aromatic carbocycles. The second-order valence-corrected chi connectivity index (χ2v) is 10.0. The highest BCUT2D eigenvalue weighted by Gasteiger charge is 2.23. The average molecular weight is 479 g/mol. The zero-order valence-electron chi connectivity index (χ0n) is 21.3. The van der Waals surface area contributed by atoms with Gasteiger partial charge in [-0.1, -0.05) is 18.2 Å². The third-order valence-electron chi connectivity index (χ3n) is 6.01. The quantitative estimate of drug-likeness (QED) is 0.550. The zero-order valence-corrected chi connectivity index (χ0v) is 21.3. The number of hydrogen-bond acceptors (Lipinski definition) is 7. The second-order valence-electron chi connectivity index (χ2n) is 10.0. The maximum Gasteiger partial charge on any atom is 0.340 e. The smallest absolute Gasteiger partial charge is 0.340 e. The van der Waals surface area contributed by atoms with Crippen molar-refractivity contribution in [2.24, 2.45) is 7.05 Å². The van der Waals surface area contributed by atoms with Crippen LogP contribution in [0.25, 0.3) is 10.9 Å². The van der Waals surface area contributed by atoms with E-state index in [0.29, 0.717) is 54.4 Å². The number of fused-ring (bicyclic) bond motifs is 1. The van der Waals surface area contributed by atoms with Gasteiger partial charge in [-0.2, -0.15) is 0 Å². The number of carbonyl (C=O) groups excluding carboxylic acids is 1. The lowest BCUT2D eigenvalue weighted by Gasteiger charge is -2.29. The molecule has 0 amide bonds. The van der Waals surface area contributed by atoms with Gasteiger partial charge in [0.05, 0.1) is 35.7 Å². The van der Waals surface area contributed by atoms with Gasteiger partial charge in [0.1, 0.15) is 5.60 Å². The summed E-state index contributed by atoms with van der Waals surface area (Å²) in [4.78, 5) is 33.2. The number of rotatable bonds is 5. The summed E-state index contributed by atoms with van der Waals surface area (Å²) >= 11 is 0. The Hall–Kier alpha value is -3.39. The van der Waals surface area contributed by atoms with Crippen LogP contribution in [0.1, 0.15) is 55.2 Å². The molecule has 8 nitrogen and oxygen atoms in total. The predicted molar refractivity (Wildman–Crippen MR) is 138 cm³/mol. The van der Waals surface area contributed by atoms with E-state index in [1.807, 2.05) is 65.0 Å². The number of nitrogens with zero attached hydrogens (tertiary/aromatic N) is 3. The first kappa shape index (κ1) is 24.7. The molecular formula is C27H34N4O4. The van der Waals surface area contributed by atoms with E-state index in [2.05, 4.69) is 10.2 Å². The predicted octanol–water partition coefficient (Wildman–Crippen LogP) is 4.21. The fraction of sp³-hybridized carbons (Fsp3) is 0.444. The molecule has 1 fully saturated rings. The Labute approximate surface area is 205 Å². The minimum absolute atomic E-state index is 0.0807. The van der Waals surface area contributed by atoms with Gasteiger partial charge in [0.25, 0.3) is 5.56 Å². The Morgan fingerprint density at radius 3 is 2.54 bits per heavy atom. The number of esters is 1. The standard InChI is InChI=1S/C27H34N4O4/c1-17-15-20(18(2)28-22-10-8-7-9-19(22)25(33)35-27(3,4)5)23-21(16-17)24(32)30(6)26(29-23)31-11-13-34-14-12-31/h7-10,15-16,18,28H,11-14H2,1-6H3. The molecule has 0 spiro atoms.